The van der Waals surface area contributed by atoms with Gasteiger partial charge in [-0.1, -0.05) is 0 Å². The maximum atomic E-state index is 2.98. The van der Waals surface area contributed by atoms with Crippen LogP contribution in [0, 0.1) is 0 Å². The summed E-state index contributed by atoms with van der Waals surface area (Å²) in [6.45, 7) is 18.9. The van der Waals surface area contributed by atoms with Crippen LogP contribution < -0.4 is 17.4 Å². The summed E-state index contributed by atoms with van der Waals surface area (Å²) in [5, 5.41) is 2.94. The molecule has 0 bridgehead atoms. The molecule has 4 heteroatoms. The van der Waals surface area contributed by atoms with E-state index in [9.17, 15) is 0 Å². The second-order valence-corrected chi connectivity index (χ2v) is 19.9. The molecule has 0 amide bonds. The van der Waals surface area contributed by atoms with Crippen molar-refractivity contribution in [2.75, 3.05) is 7.05 Å². The molecule has 0 unspecified atom stereocenters. The number of anilines is 2. The van der Waals surface area contributed by atoms with E-state index >= 15 is 0 Å². The summed E-state index contributed by atoms with van der Waals surface area (Å²) >= 11 is -0.667. The van der Waals surface area contributed by atoms with Gasteiger partial charge in [-0.25, -0.2) is 0 Å². The molecule has 4 aromatic rings. The third-order valence-corrected chi connectivity index (χ3v) is 19.2. The van der Waals surface area contributed by atoms with Crippen LogP contribution in [-0.4, -0.2) is 24.3 Å². The first-order valence-electron chi connectivity index (χ1n) is 14.9. The molecule has 0 spiro atoms. The van der Waals surface area contributed by atoms with Crippen LogP contribution in [0.1, 0.15) is 101 Å². The quantitative estimate of drug-likeness (QED) is 0.187. The number of hydrogen-bond donors (Lipinski definition) is 0. The summed E-state index contributed by atoms with van der Waals surface area (Å²) in [7, 11) is -2.62. The number of hydrogen-bond acceptors (Lipinski definition) is 2. The van der Waals surface area contributed by atoms with Crippen LogP contribution >= 0.6 is 0 Å². The van der Waals surface area contributed by atoms with Crippen molar-refractivity contribution in [2.24, 2.45) is 0 Å². The summed E-state index contributed by atoms with van der Waals surface area (Å²) in [6.07, 6.45) is 0. The number of para-hydroxylation sites is 2. The Bertz CT molecular complexity index is 1280. The third kappa shape index (κ3) is 4.75. The summed E-state index contributed by atoms with van der Waals surface area (Å²) < 4.78 is 5.95. The van der Waals surface area contributed by atoms with E-state index in [-0.39, 0.29) is 0 Å². The fourth-order valence-corrected chi connectivity index (χ4v) is 18.7. The van der Waals surface area contributed by atoms with Gasteiger partial charge in [0.15, 0.2) is 0 Å². The molecule has 2 nitrogen and oxygen atoms in total. The van der Waals surface area contributed by atoms with Gasteiger partial charge in [0.2, 0.25) is 0 Å². The fraction of sp³-hybridized carbons (Fsp3) is 0.333. The van der Waals surface area contributed by atoms with Crippen molar-refractivity contribution in [3.8, 4) is 0 Å². The Morgan fingerprint density at radius 3 is 1.00 bits per heavy atom. The predicted octanol–water partition coefficient (Wildman–Crippen LogP) is 8.30. The Balaban J connectivity index is 1.90. The molecular weight excluding hydrogens is 561 g/mol. The third-order valence-electron chi connectivity index (χ3n) is 8.33. The average Bonchev–Trinajstić information content (AvgIpc) is 2.93. The summed E-state index contributed by atoms with van der Waals surface area (Å²) in [6, 6.07) is 37.1. The SMILES string of the molecule is CC(C)c1cccc(C(C)C)c1[N]1[Ge][N](c2c(C(C)C)cccc2C(C)C)[Si]1(c1ccccc1)c1ccccc1. The van der Waals surface area contributed by atoms with Crippen LogP contribution in [0.5, 0.6) is 0 Å². The van der Waals surface area contributed by atoms with Gasteiger partial charge in [-0.05, 0) is 0 Å². The molecule has 4 aromatic carbocycles. The van der Waals surface area contributed by atoms with Gasteiger partial charge in [-0.3, -0.25) is 0 Å². The molecule has 1 aliphatic rings. The van der Waals surface area contributed by atoms with Crippen molar-refractivity contribution in [1.82, 2.24) is 0 Å². The van der Waals surface area contributed by atoms with Gasteiger partial charge >= 0.3 is 251 Å². The van der Waals surface area contributed by atoms with Gasteiger partial charge in [0, 0.05) is 0 Å². The summed E-state index contributed by atoms with van der Waals surface area (Å²) in [5.74, 6) is 1.84. The Morgan fingerprint density at radius 1 is 0.425 bits per heavy atom. The van der Waals surface area contributed by atoms with E-state index in [1.165, 1.54) is 44.0 Å². The zero-order valence-electron chi connectivity index (χ0n) is 25.4. The predicted molar refractivity (Wildman–Crippen MR) is 178 cm³/mol. The minimum absolute atomic E-state index is 0.460. The Kier molecular flexibility index (Phi) is 8.35. The molecular formula is C36H44GeN2Si. The number of benzene rings is 4. The molecule has 0 saturated carbocycles. The molecule has 0 aromatic heterocycles. The van der Waals surface area contributed by atoms with E-state index in [4.69, 9.17) is 0 Å². The Hall–Kier alpha value is -2.76. The van der Waals surface area contributed by atoms with E-state index in [2.05, 4.69) is 159 Å². The molecule has 0 atom stereocenters. The van der Waals surface area contributed by atoms with Crippen LogP contribution in [0.15, 0.2) is 97.1 Å². The van der Waals surface area contributed by atoms with Gasteiger partial charge in [0.25, 0.3) is 0 Å². The molecule has 1 saturated heterocycles. The van der Waals surface area contributed by atoms with E-state index in [1.54, 1.807) is 0 Å². The van der Waals surface area contributed by atoms with Crippen molar-refractivity contribution in [1.29, 1.82) is 0 Å². The fourth-order valence-electron chi connectivity index (χ4n) is 6.29. The molecule has 40 heavy (non-hydrogen) atoms. The van der Waals surface area contributed by atoms with Crippen molar-refractivity contribution in [3.05, 3.63) is 119 Å². The molecule has 1 heterocycles. The summed E-state index contributed by atoms with van der Waals surface area (Å²) in [5.41, 5.74) is 8.96. The minimum atomic E-state index is -2.62. The molecule has 206 valence electrons. The normalized spacial score (nSPS) is 14.9. The van der Waals surface area contributed by atoms with E-state index in [0.717, 1.165) is 0 Å². The average molecular weight is 605 g/mol. The zero-order valence-corrected chi connectivity index (χ0v) is 28.5. The first-order valence-corrected chi connectivity index (χ1v) is 18.7. The van der Waals surface area contributed by atoms with E-state index < -0.39 is 24.3 Å². The molecule has 0 aliphatic carbocycles. The zero-order chi connectivity index (χ0) is 28.6. The topological polar surface area (TPSA) is 6.48 Å². The number of nitrogens with zero attached hydrogens (tertiary/aromatic N) is 2. The molecule has 1 aliphatic heterocycles. The number of rotatable bonds is 8. The Labute approximate surface area is 250 Å². The van der Waals surface area contributed by atoms with Crippen LogP contribution in [-0.2, 0) is 0 Å². The van der Waals surface area contributed by atoms with Crippen LogP contribution in [0.25, 0.3) is 0 Å². The van der Waals surface area contributed by atoms with Crippen molar-refractivity contribution < 1.29 is 0 Å². The molecule has 0 N–H and O–H groups in total. The monoisotopic (exact) mass is 606 g/mol. The van der Waals surface area contributed by atoms with Crippen LogP contribution in [0.3, 0.4) is 0 Å². The van der Waals surface area contributed by atoms with Gasteiger partial charge in [-0.15, -0.1) is 0 Å². The van der Waals surface area contributed by atoms with Gasteiger partial charge < -0.3 is 0 Å². The van der Waals surface area contributed by atoms with E-state index in [0.29, 0.717) is 23.7 Å². The first-order chi connectivity index (χ1) is 19.2. The van der Waals surface area contributed by atoms with Gasteiger partial charge in [-0.2, -0.15) is 0 Å². The van der Waals surface area contributed by atoms with Crippen molar-refractivity contribution in [3.63, 3.8) is 0 Å². The van der Waals surface area contributed by atoms with Crippen molar-refractivity contribution >= 4 is 46.0 Å². The van der Waals surface area contributed by atoms with E-state index in [1.807, 2.05) is 0 Å². The molecule has 1 fully saturated rings. The summed E-state index contributed by atoms with van der Waals surface area (Å²) in [4.78, 5) is 0. The van der Waals surface area contributed by atoms with Crippen LogP contribution in [0.2, 0.25) is 0 Å². The molecule has 5 rings (SSSR count). The van der Waals surface area contributed by atoms with Gasteiger partial charge in [0.05, 0.1) is 0 Å². The van der Waals surface area contributed by atoms with Crippen LogP contribution in [0.4, 0.5) is 11.4 Å². The van der Waals surface area contributed by atoms with Gasteiger partial charge in [0.1, 0.15) is 0 Å². The second-order valence-electron chi connectivity index (χ2n) is 12.4. The Morgan fingerprint density at radius 2 is 0.725 bits per heavy atom. The second kappa shape index (κ2) is 11.6. The maximum absolute atomic E-state index is 2.98. The molecule has 2 radical (unpaired) electrons. The standard InChI is InChI=1S/C36H44GeN2Si/c1-25(2)31-21-15-22-32(26(3)4)35(31)38-37-39(36-33(27(5)6)23-16-24-34(36)28(7)8)40(38,29-17-11-9-12-18-29)30-19-13-10-14-20-30/h9-28H,1-8H3. The van der Waals surface area contributed by atoms with Crippen molar-refractivity contribution in [2.45, 2.75) is 79.1 Å². The first kappa shape index (κ1) is 28.8.